The maximum absolute atomic E-state index is 5.97. The average molecular weight is 267 g/mol. The second kappa shape index (κ2) is 5.89. The van der Waals surface area contributed by atoms with Gasteiger partial charge in [-0.25, -0.2) is 4.98 Å². The quantitative estimate of drug-likeness (QED) is 0.842. The lowest BCUT2D eigenvalue weighted by Gasteiger charge is -2.16. The molecule has 2 rings (SSSR count). The van der Waals surface area contributed by atoms with E-state index >= 15 is 0 Å². The van der Waals surface area contributed by atoms with E-state index < -0.39 is 0 Å². The van der Waals surface area contributed by atoms with Gasteiger partial charge in [-0.1, -0.05) is 41.9 Å². The van der Waals surface area contributed by atoms with Crippen LogP contribution >= 0.6 is 23.2 Å². The highest BCUT2D eigenvalue weighted by atomic mass is 35.5. The van der Waals surface area contributed by atoms with Crippen molar-refractivity contribution in [2.24, 2.45) is 0 Å². The zero-order valence-electron chi connectivity index (χ0n) is 9.11. The Morgan fingerprint density at radius 1 is 1.12 bits per heavy atom. The van der Waals surface area contributed by atoms with Crippen LogP contribution < -0.4 is 5.32 Å². The zero-order valence-corrected chi connectivity index (χ0v) is 10.6. The Balaban J connectivity index is 2.13. The smallest absolute Gasteiger partial charge is 0.126 e. The fraction of sp³-hybridized carbons (Fsp3) is 0.154. The lowest BCUT2D eigenvalue weighted by molar-refractivity contribution is 0.883. The number of aromatic nitrogens is 1. The van der Waals surface area contributed by atoms with Gasteiger partial charge in [0, 0.05) is 12.1 Å². The van der Waals surface area contributed by atoms with Gasteiger partial charge in [-0.15, -0.1) is 11.6 Å². The van der Waals surface area contributed by atoms with Gasteiger partial charge in [-0.3, -0.25) is 0 Å². The van der Waals surface area contributed by atoms with Crippen LogP contribution in [0.25, 0.3) is 0 Å². The van der Waals surface area contributed by atoms with Gasteiger partial charge < -0.3 is 5.32 Å². The minimum Gasteiger partial charge on any atom is -0.362 e. The maximum atomic E-state index is 5.97. The van der Waals surface area contributed by atoms with Crippen LogP contribution in [0.3, 0.4) is 0 Å². The van der Waals surface area contributed by atoms with Crippen LogP contribution in [0.5, 0.6) is 0 Å². The van der Waals surface area contributed by atoms with Crippen LogP contribution in [-0.2, 0) is 0 Å². The minimum absolute atomic E-state index is 0.0477. The fourth-order valence-electron chi connectivity index (χ4n) is 1.54. The number of hydrogen-bond acceptors (Lipinski definition) is 2. The lowest BCUT2D eigenvalue weighted by Crippen LogP contribution is -2.12. The molecule has 17 heavy (non-hydrogen) atoms. The molecule has 1 unspecified atom stereocenters. The van der Waals surface area contributed by atoms with Crippen LogP contribution in [0.1, 0.15) is 11.6 Å². The van der Waals surface area contributed by atoms with Crippen LogP contribution in [0.15, 0.2) is 48.7 Å². The Kier molecular flexibility index (Phi) is 4.24. The number of hydrogen-bond donors (Lipinski definition) is 1. The summed E-state index contributed by atoms with van der Waals surface area (Å²) < 4.78 is 0. The number of nitrogens with one attached hydrogen (secondary N) is 1. The van der Waals surface area contributed by atoms with Gasteiger partial charge in [0.05, 0.1) is 11.1 Å². The highest BCUT2D eigenvalue weighted by Gasteiger charge is 2.09. The number of halogens is 2. The van der Waals surface area contributed by atoms with E-state index in [0.29, 0.717) is 10.9 Å². The molecule has 1 heterocycles. The standard InChI is InChI=1S/C13H12Cl2N2/c14-8-12(10-4-2-1-3-5-10)17-13-7-6-11(15)9-16-13/h1-7,9,12H,8H2,(H,16,17). The summed E-state index contributed by atoms with van der Waals surface area (Å²) in [5, 5.41) is 3.89. The molecule has 0 aliphatic heterocycles. The molecule has 0 aliphatic carbocycles. The molecule has 1 aromatic heterocycles. The third-order valence-corrected chi connectivity index (χ3v) is 2.94. The van der Waals surface area contributed by atoms with E-state index in [1.165, 1.54) is 0 Å². The third-order valence-electron chi connectivity index (χ3n) is 2.41. The van der Waals surface area contributed by atoms with Crippen molar-refractivity contribution in [3.05, 3.63) is 59.2 Å². The first-order valence-corrected chi connectivity index (χ1v) is 6.20. The summed E-state index contributed by atoms with van der Waals surface area (Å²) in [4.78, 5) is 4.19. The molecule has 0 saturated carbocycles. The zero-order chi connectivity index (χ0) is 12.1. The van der Waals surface area contributed by atoms with E-state index in [-0.39, 0.29) is 6.04 Å². The van der Waals surface area contributed by atoms with E-state index in [4.69, 9.17) is 23.2 Å². The Bertz CT molecular complexity index is 457. The third kappa shape index (κ3) is 3.35. The van der Waals surface area contributed by atoms with Gasteiger partial charge in [0.15, 0.2) is 0 Å². The van der Waals surface area contributed by atoms with Crippen molar-refractivity contribution in [1.29, 1.82) is 0 Å². The van der Waals surface area contributed by atoms with Gasteiger partial charge >= 0.3 is 0 Å². The molecule has 1 N–H and O–H groups in total. The summed E-state index contributed by atoms with van der Waals surface area (Å²) >= 11 is 11.7. The molecule has 1 aromatic carbocycles. The lowest BCUT2D eigenvalue weighted by atomic mass is 10.1. The van der Waals surface area contributed by atoms with E-state index in [9.17, 15) is 0 Å². The Labute approximate surface area is 111 Å². The molecule has 4 heteroatoms. The number of benzene rings is 1. The second-order valence-corrected chi connectivity index (χ2v) is 4.37. The van der Waals surface area contributed by atoms with Gasteiger partial charge in [-0.05, 0) is 17.7 Å². The molecule has 0 radical (unpaired) electrons. The molecule has 2 aromatic rings. The normalized spacial score (nSPS) is 12.1. The first kappa shape index (κ1) is 12.2. The summed E-state index contributed by atoms with van der Waals surface area (Å²) in [5.41, 5.74) is 1.14. The summed E-state index contributed by atoms with van der Waals surface area (Å²) in [7, 11) is 0. The van der Waals surface area contributed by atoms with Crippen LogP contribution in [0.2, 0.25) is 5.02 Å². The largest absolute Gasteiger partial charge is 0.362 e. The summed E-state index contributed by atoms with van der Waals surface area (Å²) in [6, 6.07) is 13.7. The molecule has 2 nitrogen and oxygen atoms in total. The number of anilines is 1. The Hall–Kier alpha value is -1.25. The van der Waals surface area contributed by atoms with Crippen molar-refractivity contribution in [2.75, 3.05) is 11.2 Å². The van der Waals surface area contributed by atoms with Crippen LogP contribution in [0.4, 0.5) is 5.82 Å². The number of pyridine rings is 1. The second-order valence-electron chi connectivity index (χ2n) is 3.62. The van der Waals surface area contributed by atoms with Crippen LogP contribution in [-0.4, -0.2) is 10.9 Å². The SMILES string of the molecule is ClCC(Nc1ccc(Cl)cn1)c1ccccc1. The summed E-state index contributed by atoms with van der Waals surface area (Å²) in [5.74, 6) is 1.25. The topological polar surface area (TPSA) is 24.9 Å². The van der Waals surface area contributed by atoms with Crippen molar-refractivity contribution < 1.29 is 0 Å². The first-order chi connectivity index (χ1) is 8.29. The van der Waals surface area contributed by atoms with Crippen molar-refractivity contribution in [3.63, 3.8) is 0 Å². The Morgan fingerprint density at radius 3 is 2.47 bits per heavy atom. The molecule has 0 amide bonds. The minimum atomic E-state index is 0.0477. The summed E-state index contributed by atoms with van der Waals surface area (Å²) in [6.07, 6.45) is 1.61. The molecular formula is C13H12Cl2N2. The molecule has 0 aliphatic rings. The van der Waals surface area contributed by atoms with E-state index in [1.54, 1.807) is 12.3 Å². The fourth-order valence-corrected chi connectivity index (χ4v) is 1.90. The van der Waals surface area contributed by atoms with Gasteiger partial charge in [0.25, 0.3) is 0 Å². The molecule has 0 fully saturated rings. The Morgan fingerprint density at radius 2 is 1.88 bits per heavy atom. The van der Waals surface area contributed by atoms with Crippen molar-refractivity contribution >= 4 is 29.0 Å². The van der Waals surface area contributed by atoms with Crippen molar-refractivity contribution in [3.8, 4) is 0 Å². The highest BCUT2D eigenvalue weighted by Crippen LogP contribution is 2.20. The van der Waals surface area contributed by atoms with Gasteiger partial charge in [0.1, 0.15) is 5.82 Å². The predicted molar refractivity (Wildman–Crippen MR) is 72.8 cm³/mol. The number of rotatable bonds is 4. The molecule has 0 saturated heterocycles. The first-order valence-electron chi connectivity index (χ1n) is 5.28. The van der Waals surface area contributed by atoms with Crippen molar-refractivity contribution in [1.82, 2.24) is 4.98 Å². The monoisotopic (exact) mass is 266 g/mol. The molecular weight excluding hydrogens is 255 g/mol. The molecule has 0 bridgehead atoms. The van der Waals surface area contributed by atoms with Gasteiger partial charge in [0.2, 0.25) is 0 Å². The van der Waals surface area contributed by atoms with Gasteiger partial charge in [-0.2, -0.15) is 0 Å². The van der Waals surface area contributed by atoms with Crippen LogP contribution in [0, 0.1) is 0 Å². The maximum Gasteiger partial charge on any atom is 0.126 e. The predicted octanol–water partition coefficient (Wildman–Crippen LogP) is 4.13. The van der Waals surface area contributed by atoms with E-state index in [2.05, 4.69) is 10.3 Å². The highest BCUT2D eigenvalue weighted by molar-refractivity contribution is 6.30. The number of alkyl halides is 1. The number of nitrogens with zero attached hydrogens (tertiary/aromatic N) is 1. The molecule has 88 valence electrons. The summed E-state index contributed by atoms with van der Waals surface area (Å²) in [6.45, 7) is 0. The van der Waals surface area contributed by atoms with Crippen molar-refractivity contribution in [2.45, 2.75) is 6.04 Å². The average Bonchev–Trinajstić information content (AvgIpc) is 2.39. The van der Waals surface area contributed by atoms with E-state index in [1.807, 2.05) is 36.4 Å². The molecule has 1 atom stereocenters. The van der Waals surface area contributed by atoms with E-state index in [0.717, 1.165) is 11.4 Å². The molecule has 0 spiro atoms.